The molecule has 1 aromatic heterocycles. The summed E-state index contributed by atoms with van der Waals surface area (Å²) in [5, 5.41) is 4.07. The first kappa shape index (κ1) is 18.8. The van der Waals surface area contributed by atoms with Crippen LogP contribution < -0.4 is 19.1 Å². The number of carbonyl (C=O) groups excluding carboxylic acids is 1. The number of aromatic nitrogens is 2. The average molecular weight is 395 g/mol. The van der Waals surface area contributed by atoms with Gasteiger partial charge in [0.05, 0.1) is 27.2 Å². The number of nitrogens with zero attached hydrogens (tertiary/aromatic N) is 3. The predicted molar refractivity (Wildman–Crippen MR) is 106 cm³/mol. The van der Waals surface area contributed by atoms with Crippen LogP contribution in [0.2, 0.25) is 0 Å². The van der Waals surface area contributed by atoms with Crippen molar-refractivity contribution >= 4 is 11.6 Å². The maximum Gasteiger partial charge on any atom is 0.232 e. The molecule has 29 heavy (non-hydrogen) atoms. The summed E-state index contributed by atoms with van der Waals surface area (Å²) in [4.78, 5) is 18.8. The summed E-state index contributed by atoms with van der Waals surface area (Å²) in [6.07, 6.45) is 0.300. The maximum absolute atomic E-state index is 12.6. The van der Waals surface area contributed by atoms with E-state index >= 15 is 0 Å². The lowest BCUT2D eigenvalue weighted by molar-refractivity contribution is -0.117. The summed E-state index contributed by atoms with van der Waals surface area (Å²) in [5.41, 5.74) is 1.53. The van der Waals surface area contributed by atoms with Gasteiger partial charge in [0.1, 0.15) is 5.75 Å². The number of anilines is 1. The van der Waals surface area contributed by atoms with Crippen LogP contribution in [0.3, 0.4) is 0 Å². The molecule has 1 fully saturated rings. The molecule has 0 radical (unpaired) electrons. The minimum atomic E-state index is -0.178. The quantitative estimate of drug-likeness (QED) is 0.633. The molecule has 1 aliphatic heterocycles. The average Bonchev–Trinajstić information content (AvgIpc) is 3.40. The highest BCUT2D eigenvalue weighted by Crippen LogP contribution is 2.36. The molecule has 2 aromatic carbocycles. The van der Waals surface area contributed by atoms with Crippen molar-refractivity contribution < 1.29 is 23.5 Å². The SMILES string of the molecule is COc1cccc(-c2noc(C3CC(=O)N(c4ccc(OC)c(OC)c4)C3)n2)c1. The van der Waals surface area contributed by atoms with Gasteiger partial charge in [0, 0.05) is 30.3 Å². The second-order valence-corrected chi connectivity index (χ2v) is 6.63. The molecule has 0 aliphatic carbocycles. The van der Waals surface area contributed by atoms with E-state index in [0.717, 1.165) is 11.3 Å². The van der Waals surface area contributed by atoms with Gasteiger partial charge in [-0.2, -0.15) is 4.98 Å². The van der Waals surface area contributed by atoms with E-state index in [1.54, 1.807) is 38.4 Å². The van der Waals surface area contributed by atoms with Crippen LogP contribution in [-0.2, 0) is 4.79 Å². The molecule has 0 bridgehead atoms. The van der Waals surface area contributed by atoms with Crippen LogP contribution in [-0.4, -0.2) is 43.9 Å². The third kappa shape index (κ3) is 3.61. The molecule has 1 atom stereocenters. The van der Waals surface area contributed by atoms with Crippen LogP contribution in [0.25, 0.3) is 11.4 Å². The van der Waals surface area contributed by atoms with Gasteiger partial charge in [-0.15, -0.1) is 0 Å². The molecule has 4 rings (SSSR count). The Bertz CT molecular complexity index is 1030. The molecule has 0 saturated carbocycles. The number of ether oxygens (including phenoxy) is 3. The van der Waals surface area contributed by atoms with E-state index in [2.05, 4.69) is 10.1 Å². The Hall–Kier alpha value is -3.55. The second-order valence-electron chi connectivity index (χ2n) is 6.63. The Balaban J connectivity index is 1.55. The smallest absolute Gasteiger partial charge is 0.232 e. The van der Waals surface area contributed by atoms with Gasteiger partial charge in [0.25, 0.3) is 0 Å². The third-order valence-electron chi connectivity index (χ3n) is 4.92. The molecule has 2 heterocycles. The van der Waals surface area contributed by atoms with Crippen LogP contribution in [0.15, 0.2) is 47.0 Å². The molecule has 3 aromatic rings. The largest absolute Gasteiger partial charge is 0.497 e. The van der Waals surface area contributed by atoms with Gasteiger partial charge in [-0.3, -0.25) is 4.79 Å². The van der Waals surface area contributed by atoms with Crippen LogP contribution in [0.1, 0.15) is 18.2 Å². The lowest BCUT2D eigenvalue weighted by Gasteiger charge is -2.18. The van der Waals surface area contributed by atoms with Gasteiger partial charge in [-0.05, 0) is 24.3 Å². The highest BCUT2D eigenvalue weighted by atomic mass is 16.5. The first-order chi connectivity index (χ1) is 14.1. The van der Waals surface area contributed by atoms with Crippen molar-refractivity contribution in [3.8, 4) is 28.6 Å². The molecule has 0 spiro atoms. The number of amides is 1. The van der Waals surface area contributed by atoms with Gasteiger partial charge >= 0.3 is 0 Å². The van der Waals surface area contributed by atoms with Crippen molar-refractivity contribution in [2.75, 3.05) is 32.8 Å². The van der Waals surface area contributed by atoms with Crippen molar-refractivity contribution in [2.24, 2.45) is 0 Å². The number of rotatable bonds is 6. The Labute approximate surface area is 168 Å². The third-order valence-corrected chi connectivity index (χ3v) is 4.92. The van der Waals surface area contributed by atoms with Crippen LogP contribution in [0.5, 0.6) is 17.2 Å². The zero-order chi connectivity index (χ0) is 20.4. The summed E-state index contributed by atoms with van der Waals surface area (Å²) < 4.78 is 21.3. The number of benzene rings is 2. The highest BCUT2D eigenvalue weighted by Gasteiger charge is 2.35. The summed E-state index contributed by atoms with van der Waals surface area (Å²) in [6, 6.07) is 12.8. The lowest BCUT2D eigenvalue weighted by Crippen LogP contribution is -2.24. The standard InChI is InChI=1S/C21H21N3O5/c1-26-16-6-4-5-13(9-16)20-22-21(29-23-20)14-10-19(25)24(12-14)15-7-8-17(27-2)18(11-15)28-3/h4-9,11,14H,10,12H2,1-3H3. The zero-order valence-corrected chi connectivity index (χ0v) is 16.4. The lowest BCUT2D eigenvalue weighted by atomic mass is 10.1. The summed E-state index contributed by atoms with van der Waals surface area (Å²) in [7, 11) is 4.74. The fourth-order valence-electron chi connectivity index (χ4n) is 3.40. The van der Waals surface area contributed by atoms with Crippen LogP contribution in [0.4, 0.5) is 5.69 Å². The minimum absolute atomic E-state index is 0.0108. The topological polar surface area (TPSA) is 86.9 Å². The van der Waals surface area contributed by atoms with Crippen molar-refractivity contribution in [3.05, 3.63) is 48.4 Å². The molecule has 8 heteroatoms. The van der Waals surface area contributed by atoms with E-state index in [-0.39, 0.29) is 11.8 Å². The van der Waals surface area contributed by atoms with Crippen LogP contribution >= 0.6 is 0 Å². The Kier molecular flexibility index (Phi) is 5.07. The summed E-state index contributed by atoms with van der Waals surface area (Å²) in [5.74, 6) is 2.61. The van der Waals surface area contributed by atoms with E-state index < -0.39 is 0 Å². The number of methoxy groups -OCH3 is 3. The van der Waals surface area contributed by atoms with E-state index in [1.165, 1.54) is 0 Å². The molecule has 1 saturated heterocycles. The van der Waals surface area contributed by atoms with Gasteiger partial charge in [0.2, 0.25) is 17.6 Å². The molecule has 8 nitrogen and oxygen atoms in total. The van der Waals surface area contributed by atoms with E-state index in [9.17, 15) is 4.79 Å². The van der Waals surface area contributed by atoms with Gasteiger partial charge in [-0.1, -0.05) is 17.3 Å². The normalized spacial score (nSPS) is 16.2. The predicted octanol–water partition coefficient (Wildman–Crippen LogP) is 3.28. The number of hydrogen-bond acceptors (Lipinski definition) is 7. The first-order valence-corrected chi connectivity index (χ1v) is 9.13. The van der Waals surface area contributed by atoms with Crippen molar-refractivity contribution in [2.45, 2.75) is 12.3 Å². The monoisotopic (exact) mass is 395 g/mol. The Morgan fingerprint density at radius 3 is 2.62 bits per heavy atom. The van der Waals surface area contributed by atoms with Gasteiger partial charge in [-0.25, -0.2) is 0 Å². The molecule has 150 valence electrons. The fraction of sp³-hybridized carbons (Fsp3) is 0.286. The molecular formula is C21H21N3O5. The molecule has 1 amide bonds. The summed E-state index contributed by atoms with van der Waals surface area (Å²) >= 11 is 0. The molecule has 1 aliphatic rings. The van der Waals surface area contributed by atoms with E-state index in [4.69, 9.17) is 18.7 Å². The fourth-order valence-corrected chi connectivity index (χ4v) is 3.40. The summed E-state index contributed by atoms with van der Waals surface area (Å²) in [6.45, 7) is 0.452. The van der Waals surface area contributed by atoms with Crippen LogP contribution in [0, 0.1) is 0 Å². The second kappa shape index (κ2) is 7.83. The van der Waals surface area contributed by atoms with E-state index in [1.807, 2.05) is 30.3 Å². The van der Waals surface area contributed by atoms with Crippen molar-refractivity contribution in [3.63, 3.8) is 0 Å². The number of carbonyl (C=O) groups is 1. The van der Waals surface area contributed by atoms with Crippen molar-refractivity contribution in [1.82, 2.24) is 10.1 Å². The molecule has 1 unspecified atom stereocenters. The molecule has 0 N–H and O–H groups in total. The van der Waals surface area contributed by atoms with Gasteiger partial charge in [0.15, 0.2) is 11.5 Å². The maximum atomic E-state index is 12.6. The van der Waals surface area contributed by atoms with Crippen molar-refractivity contribution in [1.29, 1.82) is 0 Å². The van der Waals surface area contributed by atoms with Gasteiger partial charge < -0.3 is 23.6 Å². The number of hydrogen-bond donors (Lipinski definition) is 0. The Morgan fingerprint density at radius 1 is 1.03 bits per heavy atom. The zero-order valence-electron chi connectivity index (χ0n) is 16.4. The van der Waals surface area contributed by atoms with E-state index in [0.29, 0.717) is 41.9 Å². The molecular weight excluding hydrogens is 374 g/mol. The minimum Gasteiger partial charge on any atom is -0.497 e. The first-order valence-electron chi connectivity index (χ1n) is 9.13. The highest BCUT2D eigenvalue weighted by molar-refractivity contribution is 5.96. The Morgan fingerprint density at radius 2 is 1.86 bits per heavy atom.